The lowest BCUT2D eigenvalue weighted by Gasteiger charge is -2.31. The molecule has 2 heterocycles. The number of piperidine rings is 1. The van der Waals surface area contributed by atoms with Gasteiger partial charge in [0, 0.05) is 19.6 Å². The van der Waals surface area contributed by atoms with Gasteiger partial charge in [-0.3, -0.25) is 14.4 Å². The van der Waals surface area contributed by atoms with Gasteiger partial charge in [-0.15, -0.1) is 24.8 Å². The number of likely N-dealkylation sites (tertiary alicyclic amines) is 1. The number of hydrogen-bond donors (Lipinski definition) is 2. The Labute approximate surface area is 144 Å². The van der Waals surface area contributed by atoms with Gasteiger partial charge >= 0.3 is 0 Å². The number of rotatable bonds is 4. The van der Waals surface area contributed by atoms with Crippen LogP contribution in [0.15, 0.2) is 0 Å². The second-order valence-electron chi connectivity index (χ2n) is 5.58. The summed E-state index contributed by atoms with van der Waals surface area (Å²) < 4.78 is 1.79. The Morgan fingerprint density at radius 1 is 1.36 bits per heavy atom. The maximum Gasteiger partial charge on any atom is 0.238 e. The van der Waals surface area contributed by atoms with Gasteiger partial charge in [-0.05, 0) is 40.3 Å². The summed E-state index contributed by atoms with van der Waals surface area (Å²) >= 11 is 0. The second kappa shape index (κ2) is 9.35. The van der Waals surface area contributed by atoms with Crippen LogP contribution < -0.4 is 10.6 Å². The van der Waals surface area contributed by atoms with Crippen LogP contribution in [-0.4, -0.2) is 53.3 Å². The number of amides is 1. The van der Waals surface area contributed by atoms with E-state index in [2.05, 4.69) is 20.6 Å². The summed E-state index contributed by atoms with van der Waals surface area (Å²) in [6, 6.07) is 0.499. The number of aryl methyl sites for hydroxylation is 2. The van der Waals surface area contributed by atoms with E-state index in [0.717, 1.165) is 36.6 Å². The van der Waals surface area contributed by atoms with E-state index < -0.39 is 0 Å². The first-order valence-electron chi connectivity index (χ1n) is 7.21. The highest BCUT2D eigenvalue weighted by Crippen LogP contribution is 2.18. The van der Waals surface area contributed by atoms with Crippen LogP contribution in [0.5, 0.6) is 0 Å². The molecule has 22 heavy (non-hydrogen) atoms. The average Bonchev–Trinajstić information content (AvgIpc) is 2.65. The van der Waals surface area contributed by atoms with Crippen molar-refractivity contribution in [2.75, 3.05) is 32.0 Å². The van der Waals surface area contributed by atoms with Crippen molar-refractivity contribution in [2.24, 2.45) is 7.05 Å². The van der Waals surface area contributed by atoms with E-state index in [4.69, 9.17) is 0 Å². The number of nitrogens with zero attached hydrogens (tertiary/aromatic N) is 3. The van der Waals surface area contributed by atoms with E-state index in [1.807, 2.05) is 27.9 Å². The molecule has 1 aromatic rings. The van der Waals surface area contributed by atoms with Crippen molar-refractivity contribution in [2.45, 2.75) is 32.7 Å². The molecule has 0 aliphatic carbocycles. The SMILES string of the molecule is CNC1CCCN(CC(=O)Nc2c(C)nn(C)c2C)C1.Cl.Cl. The molecule has 1 saturated heterocycles. The van der Waals surface area contributed by atoms with Gasteiger partial charge in [-0.1, -0.05) is 0 Å². The maximum absolute atomic E-state index is 12.2. The van der Waals surface area contributed by atoms with Crippen LogP contribution in [0.2, 0.25) is 0 Å². The van der Waals surface area contributed by atoms with E-state index in [9.17, 15) is 4.79 Å². The Kier molecular flexibility index (Phi) is 9.00. The van der Waals surface area contributed by atoms with Crippen LogP contribution in [0.1, 0.15) is 24.2 Å². The molecule has 1 atom stereocenters. The maximum atomic E-state index is 12.2. The number of hydrogen-bond acceptors (Lipinski definition) is 4. The van der Waals surface area contributed by atoms with Crippen molar-refractivity contribution in [3.8, 4) is 0 Å². The van der Waals surface area contributed by atoms with Crippen LogP contribution in [-0.2, 0) is 11.8 Å². The Balaban J connectivity index is 0.00000220. The molecule has 128 valence electrons. The monoisotopic (exact) mass is 351 g/mol. The largest absolute Gasteiger partial charge is 0.322 e. The molecule has 6 nitrogen and oxygen atoms in total. The molecule has 0 spiro atoms. The summed E-state index contributed by atoms with van der Waals surface area (Å²) in [6.45, 7) is 6.27. The average molecular weight is 352 g/mol. The van der Waals surface area contributed by atoms with Crippen LogP contribution in [0, 0.1) is 13.8 Å². The van der Waals surface area contributed by atoms with Crippen molar-refractivity contribution in [1.29, 1.82) is 0 Å². The van der Waals surface area contributed by atoms with Crippen molar-refractivity contribution in [3.05, 3.63) is 11.4 Å². The minimum atomic E-state index is 0. The Hall–Kier alpha value is -0.820. The fraction of sp³-hybridized carbons (Fsp3) is 0.714. The van der Waals surface area contributed by atoms with Gasteiger partial charge in [-0.2, -0.15) is 5.10 Å². The highest BCUT2D eigenvalue weighted by atomic mass is 35.5. The zero-order chi connectivity index (χ0) is 14.7. The molecule has 1 aliphatic heterocycles. The van der Waals surface area contributed by atoms with Crippen LogP contribution in [0.4, 0.5) is 5.69 Å². The summed E-state index contributed by atoms with van der Waals surface area (Å²) in [5.41, 5.74) is 2.70. The summed E-state index contributed by atoms with van der Waals surface area (Å²) in [5, 5.41) is 10.6. The first kappa shape index (κ1) is 21.2. The highest BCUT2D eigenvalue weighted by Gasteiger charge is 2.21. The molecule has 1 aliphatic rings. The minimum Gasteiger partial charge on any atom is -0.322 e. The molecule has 1 fully saturated rings. The number of halogens is 2. The first-order chi connectivity index (χ1) is 9.51. The van der Waals surface area contributed by atoms with Gasteiger partial charge in [0.05, 0.1) is 23.6 Å². The number of likely N-dealkylation sites (N-methyl/N-ethyl adjacent to an activating group) is 1. The molecule has 1 amide bonds. The second-order valence-corrected chi connectivity index (χ2v) is 5.58. The summed E-state index contributed by atoms with van der Waals surface area (Å²) in [6.07, 6.45) is 2.33. The first-order valence-corrected chi connectivity index (χ1v) is 7.21. The predicted octanol–water partition coefficient (Wildman–Crippen LogP) is 1.50. The normalized spacial score (nSPS) is 18.3. The summed E-state index contributed by atoms with van der Waals surface area (Å²) in [7, 11) is 3.87. The predicted molar refractivity (Wildman–Crippen MR) is 94.3 cm³/mol. The Bertz CT molecular complexity index is 492. The fourth-order valence-electron chi connectivity index (χ4n) is 2.77. The van der Waals surface area contributed by atoms with E-state index in [-0.39, 0.29) is 30.7 Å². The molecular formula is C14H27Cl2N5O. The van der Waals surface area contributed by atoms with E-state index in [1.165, 1.54) is 6.42 Å². The van der Waals surface area contributed by atoms with E-state index >= 15 is 0 Å². The Morgan fingerprint density at radius 3 is 2.59 bits per heavy atom. The molecule has 0 radical (unpaired) electrons. The zero-order valence-electron chi connectivity index (χ0n) is 13.7. The number of aromatic nitrogens is 2. The fourth-order valence-corrected chi connectivity index (χ4v) is 2.77. The number of carbonyl (C=O) groups is 1. The van der Waals surface area contributed by atoms with Crippen molar-refractivity contribution >= 4 is 36.4 Å². The minimum absolute atomic E-state index is 0. The highest BCUT2D eigenvalue weighted by molar-refractivity contribution is 5.93. The zero-order valence-corrected chi connectivity index (χ0v) is 15.3. The molecular weight excluding hydrogens is 325 g/mol. The van der Waals surface area contributed by atoms with E-state index in [1.54, 1.807) is 4.68 Å². The molecule has 2 N–H and O–H groups in total. The molecule has 0 saturated carbocycles. The van der Waals surface area contributed by atoms with Gasteiger partial charge < -0.3 is 10.6 Å². The molecule has 1 unspecified atom stereocenters. The summed E-state index contributed by atoms with van der Waals surface area (Å²) in [5.74, 6) is 0.0425. The van der Waals surface area contributed by atoms with Gasteiger partial charge in [0.1, 0.15) is 0 Å². The quantitative estimate of drug-likeness (QED) is 0.862. The van der Waals surface area contributed by atoms with Crippen molar-refractivity contribution < 1.29 is 4.79 Å². The summed E-state index contributed by atoms with van der Waals surface area (Å²) in [4.78, 5) is 14.4. The number of anilines is 1. The van der Waals surface area contributed by atoms with Gasteiger partial charge in [0.25, 0.3) is 0 Å². The lowest BCUT2D eigenvalue weighted by Crippen LogP contribution is -2.46. The third-order valence-corrected chi connectivity index (χ3v) is 4.05. The van der Waals surface area contributed by atoms with Gasteiger partial charge in [-0.25, -0.2) is 0 Å². The van der Waals surface area contributed by atoms with Gasteiger partial charge in [0.15, 0.2) is 0 Å². The van der Waals surface area contributed by atoms with Crippen LogP contribution >= 0.6 is 24.8 Å². The topological polar surface area (TPSA) is 62.2 Å². The van der Waals surface area contributed by atoms with Crippen molar-refractivity contribution in [3.63, 3.8) is 0 Å². The third-order valence-electron chi connectivity index (χ3n) is 4.05. The van der Waals surface area contributed by atoms with Crippen LogP contribution in [0.25, 0.3) is 0 Å². The Morgan fingerprint density at radius 2 is 2.05 bits per heavy atom. The van der Waals surface area contributed by atoms with E-state index in [0.29, 0.717) is 12.6 Å². The van der Waals surface area contributed by atoms with Crippen LogP contribution in [0.3, 0.4) is 0 Å². The standard InChI is InChI=1S/C14H25N5O.2ClH/c1-10-14(11(2)18(4)17-10)16-13(20)9-19-7-5-6-12(8-19)15-3;;/h12,15H,5-9H2,1-4H3,(H,16,20);2*1H. The number of nitrogens with one attached hydrogen (secondary N) is 2. The molecule has 2 rings (SSSR count). The lowest BCUT2D eigenvalue weighted by atomic mass is 10.1. The molecule has 0 bridgehead atoms. The third kappa shape index (κ3) is 5.12. The number of carbonyl (C=O) groups excluding carboxylic acids is 1. The lowest BCUT2D eigenvalue weighted by molar-refractivity contribution is -0.117. The molecule has 1 aromatic heterocycles. The van der Waals surface area contributed by atoms with Crippen molar-refractivity contribution in [1.82, 2.24) is 20.0 Å². The molecule has 0 aromatic carbocycles. The molecule has 8 heteroatoms. The smallest absolute Gasteiger partial charge is 0.238 e. The van der Waals surface area contributed by atoms with Gasteiger partial charge in [0.2, 0.25) is 5.91 Å².